The van der Waals surface area contributed by atoms with Gasteiger partial charge in [-0.3, -0.25) is 0 Å². The van der Waals surface area contributed by atoms with Crippen LogP contribution in [0.1, 0.15) is 37.7 Å². The average Bonchev–Trinajstić information content (AvgIpc) is 2.39. The molecule has 0 heterocycles. The van der Waals surface area contributed by atoms with Gasteiger partial charge < -0.3 is 10.5 Å². The molecule has 3 heteroatoms. The molecule has 0 radical (unpaired) electrons. The van der Waals surface area contributed by atoms with Crippen molar-refractivity contribution in [2.24, 2.45) is 5.73 Å². The number of methoxy groups -OCH3 is 1. The summed E-state index contributed by atoms with van der Waals surface area (Å²) in [6, 6.07) is 5.98. The van der Waals surface area contributed by atoms with E-state index in [1.54, 1.807) is 7.11 Å². The molecule has 0 saturated heterocycles. The summed E-state index contributed by atoms with van der Waals surface area (Å²) in [6.07, 6.45) is 6.07. The maximum absolute atomic E-state index is 6.20. The van der Waals surface area contributed by atoms with E-state index in [9.17, 15) is 0 Å². The minimum Gasteiger partial charge on any atom is -0.495 e. The van der Waals surface area contributed by atoms with Gasteiger partial charge in [0.25, 0.3) is 0 Å². The fraction of sp³-hybridized carbons (Fsp3) is 0.571. The highest BCUT2D eigenvalue weighted by molar-refractivity contribution is 6.32. The van der Waals surface area contributed by atoms with Crippen LogP contribution in [-0.4, -0.2) is 13.7 Å². The lowest BCUT2D eigenvalue weighted by Crippen LogP contribution is -2.37. The Hall–Kier alpha value is -0.730. The van der Waals surface area contributed by atoms with Crippen LogP contribution >= 0.6 is 11.6 Å². The molecule has 1 aliphatic rings. The zero-order chi connectivity index (χ0) is 12.3. The van der Waals surface area contributed by atoms with Gasteiger partial charge in [-0.15, -0.1) is 0 Å². The number of para-hydroxylation sites is 1. The molecule has 94 valence electrons. The molecule has 0 bridgehead atoms. The van der Waals surface area contributed by atoms with Crippen molar-refractivity contribution < 1.29 is 4.74 Å². The zero-order valence-corrected chi connectivity index (χ0v) is 11.1. The monoisotopic (exact) mass is 253 g/mol. The van der Waals surface area contributed by atoms with Gasteiger partial charge in [0.05, 0.1) is 12.1 Å². The number of rotatable bonds is 3. The summed E-state index contributed by atoms with van der Waals surface area (Å²) in [5.74, 6) is 0.807. The van der Waals surface area contributed by atoms with Crippen LogP contribution in [0.4, 0.5) is 0 Å². The van der Waals surface area contributed by atoms with Gasteiger partial charge in [-0.1, -0.05) is 43.0 Å². The van der Waals surface area contributed by atoms with Gasteiger partial charge in [0.1, 0.15) is 5.75 Å². The van der Waals surface area contributed by atoms with Crippen LogP contribution in [0, 0.1) is 0 Å². The van der Waals surface area contributed by atoms with Crippen LogP contribution in [0.25, 0.3) is 0 Å². The smallest absolute Gasteiger partial charge is 0.141 e. The molecule has 1 saturated carbocycles. The molecule has 0 spiro atoms. The number of nitrogens with two attached hydrogens (primary N) is 1. The van der Waals surface area contributed by atoms with Crippen LogP contribution in [-0.2, 0) is 5.41 Å². The Balaban J connectivity index is 2.46. The number of halogens is 1. The molecule has 2 nitrogen and oxygen atoms in total. The van der Waals surface area contributed by atoms with E-state index in [0.717, 1.165) is 18.6 Å². The molecule has 1 aliphatic carbocycles. The molecule has 0 unspecified atom stereocenters. The van der Waals surface area contributed by atoms with E-state index in [1.807, 2.05) is 12.1 Å². The van der Waals surface area contributed by atoms with E-state index in [-0.39, 0.29) is 5.41 Å². The Kier molecular flexibility index (Phi) is 3.95. The second-order valence-corrected chi connectivity index (χ2v) is 5.27. The van der Waals surface area contributed by atoms with E-state index in [0.29, 0.717) is 11.6 Å². The van der Waals surface area contributed by atoms with Crippen molar-refractivity contribution in [2.75, 3.05) is 13.7 Å². The predicted octanol–water partition coefficient (Wildman–Crippen LogP) is 3.51. The molecule has 1 aromatic rings. The number of benzene rings is 1. The van der Waals surface area contributed by atoms with Crippen molar-refractivity contribution in [3.8, 4) is 5.75 Å². The first-order valence-corrected chi connectivity index (χ1v) is 6.64. The molecular formula is C14H20ClNO. The maximum atomic E-state index is 6.20. The Bertz CT molecular complexity index is 386. The first-order valence-electron chi connectivity index (χ1n) is 6.26. The van der Waals surface area contributed by atoms with E-state index in [2.05, 4.69) is 6.07 Å². The van der Waals surface area contributed by atoms with E-state index >= 15 is 0 Å². The molecule has 0 aromatic heterocycles. The van der Waals surface area contributed by atoms with Gasteiger partial charge in [-0.2, -0.15) is 0 Å². The summed E-state index contributed by atoms with van der Waals surface area (Å²) >= 11 is 6.20. The number of ether oxygens (including phenoxy) is 1. The van der Waals surface area contributed by atoms with Crippen LogP contribution in [0.5, 0.6) is 5.75 Å². The van der Waals surface area contributed by atoms with Crippen molar-refractivity contribution >= 4 is 11.6 Å². The Morgan fingerprint density at radius 3 is 2.59 bits per heavy atom. The summed E-state index contributed by atoms with van der Waals surface area (Å²) in [4.78, 5) is 0. The lowest BCUT2D eigenvalue weighted by atomic mass is 9.69. The number of hydrogen-bond acceptors (Lipinski definition) is 2. The first kappa shape index (κ1) is 12.7. The highest BCUT2D eigenvalue weighted by Crippen LogP contribution is 2.44. The van der Waals surface area contributed by atoms with Crippen molar-refractivity contribution in [1.29, 1.82) is 0 Å². The van der Waals surface area contributed by atoms with Crippen molar-refractivity contribution in [1.82, 2.24) is 0 Å². The minimum absolute atomic E-state index is 0.0640. The van der Waals surface area contributed by atoms with Gasteiger partial charge in [-0.25, -0.2) is 0 Å². The van der Waals surface area contributed by atoms with Gasteiger partial charge in [0.2, 0.25) is 0 Å². The largest absolute Gasteiger partial charge is 0.495 e. The van der Waals surface area contributed by atoms with E-state index < -0.39 is 0 Å². The van der Waals surface area contributed by atoms with Crippen LogP contribution in [0.15, 0.2) is 18.2 Å². The zero-order valence-electron chi connectivity index (χ0n) is 10.3. The lowest BCUT2D eigenvalue weighted by molar-refractivity contribution is 0.288. The van der Waals surface area contributed by atoms with Gasteiger partial charge >= 0.3 is 0 Å². The normalized spacial score (nSPS) is 19.0. The Morgan fingerprint density at radius 1 is 1.29 bits per heavy atom. The molecular weight excluding hydrogens is 234 g/mol. The fourth-order valence-electron chi connectivity index (χ4n) is 2.95. The van der Waals surface area contributed by atoms with E-state index in [1.165, 1.54) is 24.8 Å². The molecule has 0 aliphatic heterocycles. The van der Waals surface area contributed by atoms with Crippen molar-refractivity contribution in [2.45, 2.75) is 37.5 Å². The molecule has 2 rings (SSSR count). The average molecular weight is 254 g/mol. The second kappa shape index (κ2) is 5.28. The fourth-order valence-corrected chi connectivity index (χ4v) is 3.20. The highest BCUT2D eigenvalue weighted by Gasteiger charge is 2.35. The van der Waals surface area contributed by atoms with Crippen molar-refractivity contribution in [3.63, 3.8) is 0 Å². The van der Waals surface area contributed by atoms with Gasteiger partial charge in [0, 0.05) is 17.5 Å². The third kappa shape index (κ3) is 2.29. The SMILES string of the molecule is COc1c(Cl)cccc1C1(CN)CCCCC1. The van der Waals surface area contributed by atoms with Gasteiger partial charge in [0.15, 0.2) is 0 Å². The highest BCUT2D eigenvalue weighted by atomic mass is 35.5. The van der Waals surface area contributed by atoms with E-state index in [4.69, 9.17) is 22.1 Å². The Labute approximate surface area is 108 Å². The topological polar surface area (TPSA) is 35.2 Å². The number of hydrogen-bond donors (Lipinski definition) is 1. The quantitative estimate of drug-likeness (QED) is 0.895. The summed E-state index contributed by atoms with van der Waals surface area (Å²) < 4.78 is 5.47. The van der Waals surface area contributed by atoms with Crippen LogP contribution < -0.4 is 10.5 Å². The van der Waals surface area contributed by atoms with Crippen LogP contribution in [0.2, 0.25) is 5.02 Å². The predicted molar refractivity (Wildman–Crippen MR) is 71.8 cm³/mol. The Morgan fingerprint density at radius 2 is 2.00 bits per heavy atom. The second-order valence-electron chi connectivity index (χ2n) is 4.87. The molecule has 1 fully saturated rings. The summed E-state index contributed by atoms with van der Waals surface area (Å²) in [5, 5.41) is 0.684. The first-order chi connectivity index (χ1) is 8.23. The lowest BCUT2D eigenvalue weighted by Gasteiger charge is -2.37. The summed E-state index contributed by atoms with van der Waals surface area (Å²) in [5.41, 5.74) is 7.30. The molecule has 0 amide bonds. The standard InChI is InChI=1S/C14H20ClNO/c1-17-13-11(6-5-7-12(13)15)14(10-16)8-3-2-4-9-14/h5-7H,2-4,8-10,16H2,1H3. The molecule has 1 aromatic carbocycles. The molecule has 17 heavy (non-hydrogen) atoms. The van der Waals surface area contributed by atoms with Crippen LogP contribution in [0.3, 0.4) is 0 Å². The van der Waals surface area contributed by atoms with Gasteiger partial charge in [-0.05, 0) is 18.9 Å². The molecule has 2 N–H and O–H groups in total. The summed E-state index contributed by atoms with van der Waals surface area (Å²) in [7, 11) is 1.68. The summed E-state index contributed by atoms with van der Waals surface area (Å²) in [6.45, 7) is 0.670. The third-order valence-electron chi connectivity index (χ3n) is 3.94. The minimum atomic E-state index is 0.0640. The molecule has 0 atom stereocenters. The third-order valence-corrected chi connectivity index (χ3v) is 4.24. The van der Waals surface area contributed by atoms with Crippen molar-refractivity contribution in [3.05, 3.63) is 28.8 Å². The maximum Gasteiger partial charge on any atom is 0.141 e.